The molecule has 0 radical (unpaired) electrons. The van der Waals surface area contributed by atoms with Gasteiger partial charge in [-0.15, -0.1) is 0 Å². The number of anilines is 1. The van der Waals surface area contributed by atoms with Gasteiger partial charge < -0.3 is 14.6 Å². The number of fused-ring (bicyclic) bond motifs is 2. The summed E-state index contributed by atoms with van der Waals surface area (Å²) in [6.07, 6.45) is 5.00. The fourth-order valence-corrected chi connectivity index (χ4v) is 6.75. The maximum absolute atomic E-state index is 14.0. The monoisotopic (exact) mass is 629 g/mol. The maximum atomic E-state index is 14.0. The minimum Gasteiger partial charge on any atom is -0.497 e. The molecule has 0 saturated heterocycles. The molecule has 0 unspecified atom stereocenters. The molecule has 3 heterocycles. The van der Waals surface area contributed by atoms with Crippen LogP contribution in [0.25, 0.3) is 32.6 Å². The summed E-state index contributed by atoms with van der Waals surface area (Å²) in [4.78, 5) is 65.0. The molecule has 0 saturated carbocycles. The van der Waals surface area contributed by atoms with Gasteiger partial charge in [-0.05, 0) is 60.7 Å². The van der Waals surface area contributed by atoms with E-state index in [1.807, 2.05) is 24.3 Å². The molecular formula is C35H24ClN5O5. The van der Waals surface area contributed by atoms with Crippen LogP contribution >= 0.6 is 11.6 Å². The standard InChI is InChI=1S/C35H24ClN5O5/c1-46-19-3-9-27-25(15-19)31(20-4-2-18(36)14-28(20)39-27)38-16-26-32(42)21-5-7-23-30-24(8-6-22(29(21)30)33(26)43)35(45)41(34(23)44)13-12-40-11-10-37-17-40/h2-11,14-15,17,26H,12-13,16H2,1H3,(H,38,39). The zero-order chi connectivity index (χ0) is 31.7. The van der Waals surface area contributed by atoms with E-state index < -0.39 is 17.7 Å². The third-order valence-corrected chi connectivity index (χ3v) is 9.08. The van der Waals surface area contributed by atoms with E-state index in [0.29, 0.717) is 67.1 Å². The lowest BCUT2D eigenvalue weighted by Crippen LogP contribution is -2.43. The van der Waals surface area contributed by atoms with Gasteiger partial charge in [0.2, 0.25) is 0 Å². The average Bonchev–Trinajstić information content (AvgIpc) is 3.59. The summed E-state index contributed by atoms with van der Waals surface area (Å²) < 4.78 is 7.24. The molecule has 0 bridgehead atoms. The molecule has 0 atom stereocenters. The van der Waals surface area contributed by atoms with Gasteiger partial charge >= 0.3 is 0 Å². The number of halogens is 1. The summed E-state index contributed by atoms with van der Waals surface area (Å²) in [6.45, 7) is 0.552. The molecule has 2 aliphatic rings. The number of imidazole rings is 1. The molecule has 1 aliphatic heterocycles. The molecule has 10 nitrogen and oxygen atoms in total. The Bertz CT molecular complexity index is 2250. The normalized spacial score (nSPS) is 14.6. The van der Waals surface area contributed by atoms with Crippen molar-refractivity contribution >= 4 is 73.2 Å². The van der Waals surface area contributed by atoms with Gasteiger partial charge in [0.05, 0.1) is 30.2 Å². The van der Waals surface area contributed by atoms with Crippen LogP contribution in [-0.4, -0.2) is 63.0 Å². The summed E-state index contributed by atoms with van der Waals surface area (Å²) in [5.41, 5.74) is 3.25. The maximum Gasteiger partial charge on any atom is 0.261 e. The number of nitrogens with one attached hydrogen (secondary N) is 1. The number of nitrogens with zero attached hydrogens (tertiary/aromatic N) is 4. The quantitative estimate of drug-likeness (QED) is 0.133. The van der Waals surface area contributed by atoms with Crippen molar-refractivity contribution in [2.75, 3.05) is 25.5 Å². The number of Topliss-reactive ketones (excluding diaryl/α,β-unsaturated/α-hetero) is 2. The number of ether oxygens (including phenoxy) is 1. The van der Waals surface area contributed by atoms with Crippen LogP contribution in [0.4, 0.5) is 5.69 Å². The van der Waals surface area contributed by atoms with Crippen LogP contribution < -0.4 is 10.1 Å². The van der Waals surface area contributed by atoms with Crippen LogP contribution in [0.1, 0.15) is 41.4 Å². The minimum atomic E-state index is -1.04. The second-order valence-electron chi connectivity index (χ2n) is 11.3. The summed E-state index contributed by atoms with van der Waals surface area (Å²) in [5, 5.41) is 6.16. The second-order valence-corrected chi connectivity index (χ2v) is 11.8. The first kappa shape index (κ1) is 27.9. The number of amides is 2. The Balaban J connectivity index is 1.16. The molecule has 2 aromatic heterocycles. The highest BCUT2D eigenvalue weighted by Gasteiger charge is 2.40. The first-order valence-electron chi connectivity index (χ1n) is 14.6. The van der Waals surface area contributed by atoms with E-state index in [4.69, 9.17) is 21.3 Å². The summed E-state index contributed by atoms with van der Waals surface area (Å²) in [7, 11) is 1.58. The lowest BCUT2D eigenvalue weighted by atomic mass is 9.77. The number of imide groups is 1. The topological polar surface area (TPSA) is 123 Å². The van der Waals surface area contributed by atoms with Gasteiger partial charge in [-0.1, -0.05) is 11.6 Å². The molecule has 226 valence electrons. The van der Waals surface area contributed by atoms with Crippen molar-refractivity contribution in [2.45, 2.75) is 6.54 Å². The predicted molar refractivity (Wildman–Crippen MR) is 173 cm³/mol. The fraction of sp³-hybridized carbons (Fsp3) is 0.143. The number of methoxy groups -OCH3 is 1. The third kappa shape index (κ3) is 4.17. The van der Waals surface area contributed by atoms with Crippen LogP contribution in [0.3, 0.4) is 0 Å². The molecule has 1 N–H and O–H groups in total. The highest BCUT2D eigenvalue weighted by Crippen LogP contribution is 2.40. The van der Waals surface area contributed by atoms with Crippen LogP contribution in [0.5, 0.6) is 5.75 Å². The van der Waals surface area contributed by atoms with E-state index >= 15 is 0 Å². The Hall–Kier alpha value is -5.61. The molecule has 6 aromatic rings. The average molecular weight is 630 g/mol. The van der Waals surface area contributed by atoms with Gasteiger partial charge in [-0.25, -0.2) is 9.97 Å². The van der Waals surface area contributed by atoms with Crippen molar-refractivity contribution < 1.29 is 23.9 Å². The van der Waals surface area contributed by atoms with Crippen LogP contribution in [0.2, 0.25) is 5.02 Å². The van der Waals surface area contributed by atoms with Gasteiger partial charge in [-0.3, -0.25) is 24.1 Å². The molecule has 0 fully saturated rings. The number of hydrogen-bond acceptors (Lipinski definition) is 8. The number of aromatic nitrogens is 3. The zero-order valence-electron chi connectivity index (χ0n) is 24.4. The van der Waals surface area contributed by atoms with Crippen molar-refractivity contribution in [3.05, 3.63) is 107 Å². The van der Waals surface area contributed by atoms with E-state index in [0.717, 1.165) is 10.8 Å². The predicted octanol–water partition coefficient (Wildman–Crippen LogP) is 5.80. The Labute approximate surface area is 266 Å². The van der Waals surface area contributed by atoms with Crippen LogP contribution in [-0.2, 0) is 6.54 Å². The van der Waals surface area contributed by atoms with Crippen molar-refractivity contribution in [2.24, 2.45) is 5.92 Å². The molecule has 4 aromatic carbocycles. The number of pyridine rings is 1. The van der Waals surface area contributed by atoms with Crippen molar-refractivity contribution in [1.82, 2.24) is 19.4 Å². The summed E-state index contributed by atoms with van der Waals surface area (Å²) in [5.74, 6) is -2.08. The Kier molecular flexibility index (Phi) is 6.36. The smallest absolute Gasteiger partial charge is 0.261 e. The first-order valence-corrected chi connectivity index (χ1v) is 15.0. The van der Waals surface area contributed by atoms with Gasteiger partial charge in [0.1, 0.15) is 11.7 Å². The van der Waals surface area contributed by atoms with Gasteiger partial charge in [0.15, 0.2) is 11.6 Å². The second kappa shape index (κ2) is 10.5. The number of rotatable bonds is 7. The molecule has 1 aliphatic carbocycles. The molecule has 0 spiro atoms. The molecule has 11 heteroatoms. The highest BCUT2D eigenvalue weighted by molar-refractivity contribution is 6.35. The zero-order valence-corrected chi connectivity index (χ0v) is 25.2. The fourth-order valence-electron chi connectivity index (χ4n) is 6.58. The molecular weight excluding hydrogens is 606 g/mol. The van der Waals surface area contributed by atoms with Crippen molar-refractivity contribution in [3.63, 3.8) is 0 Å². The number of ketones is 2. The molecule has 2 amide bonds. The van der Waals surface area contributed by atoms with E-state index in [1.165, 1.54) is 4.90 Å². The minimum absolute atomic E-state index is 0.00996. The van der Waals surface area contributed by atoms with E-state index in [1.54, 1.807) is 66.8 Å². The SMILES string of the molecule is COc1ccc2nc3cc(Cl)ccc3c(NCC3C(=O)c4ccc5c6c(ccc(c46)C3=O)C(=O)N(CCn3ccnc3)C5=O)c2c1. The summed E-state index contributed by atoms with van der Waals surface area (Å²) >= 11 is 6.28. The third-order valence-electron chi connectivity index (χ3n) is 8.84. The largest absolute Gasteiger partial charge is 0.497 e. The Morgan fingerprint density at radius 1 is 0.804 bits per heavy atom. The van der Waals surface area contributed by atoms with Crippen molar-refractivity contribution in [3.8, 4) is 5.75 Å². The van der Waals surface area contributed by atoms with Crippen molar-refractivity contribution in [1.29, 1.82) is 0 Å². The van der Waals surface area contributed by atoms with E-state index in [-0.39, 0.29) is 24.7 Å². The Morgan fingerprint density at radius 2 is 1.50 bits per heavy atom. The van der Waals surface area contributed by atoms with Crippen LogP contribution in [0.15, 0.2) is 79.4 Å². The highest BCUT2D eigenvalue weighted by atomic mass is 35.5. The lowest BCUT2D eigenvalue weighted by Gasteiger charge is -2.30. The van der Waals surface area contributed by atoms with E-state index in [9.17, 15) is 19.2 Å². The molecule has 8 rings (SSSR count). The van der Waals surface area contributed by atoms with Gasteiger partial charge in [-0.2, -0.15) is 0 Å². The lowest BCUT2D eigenvalue weighted by molar-refractivity contribution is 0.0603. The number of carbonyl (C=O) groups excluding carboxylic acids is 4. The summed E-state index contributed by atoms with van der Waals surface area (Å²) in [6, 6.07) is 17.2. The number of carbonyl (C=O) groups is 4. The Morgan fingerprint density at radius 3 is 2.17 bits per heavy atom. The number of hydrogen-bond donors (Lipinski definition) is 1. The van der Waals surface area contributed by atoms with Gasteiger partial charge in [0, 0.05) is 80.8 Å². The number of benzene rings is 4. The first-order chi connectivity index (χ1) is 22.3. The van der Waals surface area contributed by atoms with Gasteiger partial charge in [0.25, 0.3) is 11.8 Å². The van der Waals surface area contributed by atoms with E-state index in [2.05, 4.69) is 10.3 Å². The van der Waals surface area contributed by atoms with Crippen LogP contribution in [0, 0.1) is 5.92 Å². The molecule has 46 heavy (non-hydrogen) atoms.